The van der Waals surface area contributed by atoms with Crippen LogP contribution in [0.5, 0.6) is 5.75 Å². The molecular formula is C18H14BrClN6O2. The van der Waals surface area contributed by atoms with Gasteiger partial charge in [0.25, 0.3) is 5.91 Å². The topological polar surface area (TPSA) is 97.3 Å². The molecule has 3 heterocycles. The molecule has 0 saturated heterocycles. The number of halogens is 2. The molecule has 8 nitrogen and oxygen atoms in total. The second-order valence-electron chi connectivity index (χ2n) is 5.93. The SMILES string of the molecule is CCn1cc(Br)c(-c2ccnc3cc(C(=O)Nc4cc(Cl)ccc4O)nn23)n1. The van der Waals surface area contributed by atoms with Crippen LogP contribution >= 0.6 is 27.5 Å². The Morgan fingerprint density at radius 3 is 2.86 bits per heavy atom. The molecule has 28 heavy (non-hydrogen) atoms. The van der Waals surface area contributed by atoms with E-state index in [0.717, 1.165) is 11.0 Å². The van der Waals surface area contributed by atoms with Crippen LogP contribution in [0.4, 0.5) is 5.69 Å². The Hall–Kier alpha value is -2.91. The zero-order valence-electron chi connectivity index (χ0n) is 14.6. The molecule has 0 spiro atoms. The standard InChI is InChI=1S/C18H14BrClN6O2/c1-2-25-9-11(19)17(24-25)14-5-6-21-16-8-13(23-26(14)16)18(28)22-12-7-10(20)3-4-15(12)27/h3-9,27H,2H2,1H3,(H,22,28). The number of aromatic nitrogens is 5. The fraction of sp³-hybridized carbons (Fsp3) is 0.111. The van der Waals surface area contributed by atoms with E-state index in [-0.39, 0.29) is 17.1 Å². The molecule has 4 aromatic rings. The van der Waals surface area contributed by atoms with Crippen LogP contribution in [0, 0.1) is 0 Å². The van der Waals surface area contributed by atoms with E-state index in [2.05, 4.69) is 36.4 Å². The first-order valence-electron chi connectivity index (χ1n) is 8.34. The molecule has 0 aliphatic heterocycles. The predicted molar refractivity (Wildman–Crippen MR) is 109 cm³/mol. The highest BCUT2D eigenvalue weighted by Gasteiger charge is 2.18. The fourth-order valence-corrected chi connectivity index (χ4v) is 3.40. The fourth-order valence-electron chi connectivity index (χ4n) is 2.71. The lowest BCUT2D eigenvalue weighted by Gasteiger charge is -2.06. The van der Waals surface area contributed by atoms with Crippen molar-refractivity contribution in [3.8, 4) is 17.1 Å². The largest absolute Gasteiger partial charge is 0.506 e. The molecule has 10 heteroatoms. The Morgan fingerprint density at radius 2 is 2.11 bits per heavy atom. The third-order valence-electron chi connectivity index (χ3n) is 4.08. The molecule has 0 bridgehead atoms. The number of hydrogen-bond donors (Lipinski definition) is 2. The Kier molecular flexibility index (Phi) is 4.78. The Morgan fingerprint density at radius 1 is 1.29 bits per heavy atom. The minimum Gasteiger partial charge on any atom is -0.506 e. The van der Waals surface area contributed by atoms with Gasteiger partial charge >= 0.3 is 0 Å². The summed E-state index contributed by atoms with van der Waals surface area (Å²) in [6.07, 6.45) is 3.51. The maximum absolute atomic E-state index is 12.6. The van der Waals surface area contributed by atoms with E-state index in [0.29, 0.717) is 22.1 Å². The molecule has 0 unspecified atom stereocenters. The number of nitrogens with zero attached hydrogens (tertiary/aromatic N) is 5. The van der Waals surface area contributed by atoms with Gasteiger partial charge in [0.05, 0.1) is 15.9 Å². The summed E-state index contributed by atoms with van der Waals surface area (Å²) in [5.74, 6) is -0.582. The molecular weight excluding hydrogens is 448 g/mol. The van der Waals surface area contributed by atoms with Crippen LogP contribution in [0.1, 0.15) is 17.4 Å². The summed E-state index contributed by atoms with van der Waals surface area (Å²) >= 11 is 9.43. The van der Waals surface area contributed by atoms with E-state index in [9.17, 15) is 9.90 Å². The first kappa shape index (κ1) is 18.5. The second-order valence-corrected chi connectivity index (χ2v) is 7.22. The third-order valence-corrected chi connectivity index (χ3v) is 4.90. The van der Waals surface area contributed by atoms with Gasteiger partial charge in [-0.3, -0.25) is 9.48 Å². The van der Waals surface area contributed by atoms with Crippen LogP contribution in [0.2, 0.25) is 5.02 Å². The predicted octanol–water partition coefficient (Wildman–Crippen LogP) is 3.99. The molecule has 1 amide bonds. The zero-order valence-corrected chi connectivity index (χ0v) is 16.9. The van der Waals surface area contributed by atoms with Crippen molar-refractivity contribution in [2.45, 2.75) is 13.5 Å². The Labute approximate surface area is 172 Å². The quantitative estimate of drug-likeness (QED) is 0.448. The highest BCUT2D eigenvalue weighted by Crippen LogP contribution is 2.28. The number of phenolic OH excluding ortho intramolecular Hbond substituents is 1. The zero-order chi connectivity index (χ0) is 19.8. The number of aryl methyl sites for hydroxylation is 1. The molecule has 142 valence electrons. The van der Waals surface area contributed by atoms with E-state index < -0.39 is 5.91 Å². The first-order chi connectivity index (χ1) is 13.5. The van der Waals surface area contributed by atoms with Crippen molar-refractivity contribution >= 4 is 44.8 Å². The van der Waals surface area contributed by atoms with Crippen molar-refractivity contribution in [2.24, 2.45) is 0 Å². The highest BCUT2D eigenvalue weighted by molar-refractivity contribution is 9.10. The van der Waals surface area contributed by atoms with Crippen molar-refractivity contribution in [1.82, 2.24) is 24.4 Å². The highest BCUT2D eigenvalue weighted by atomic mass is 79.9. The van der Waals surface area contributed by atoms with Crippen LogP contribution in [0.25, 0.3) is 17.0 Å². The van der Waals surface area contributed by atoms with Crippen molar-refractivity contribution in [3.05, 3.63) is 57.9 Å². The van der Waals surface area contributed by atoms with Gasteiger partial charge in [-0.1, -0.05) is 11.6 Å². The summed E-state index contributed by atoms with van der Waals surface area (Å²) < 4.78 is 4.16. The van der Waals surface area contributed by atoms with Crippen LogP contribution in [0.15, 0.2) is 47.2 Å². The number of nitrogens with one attached hydrogen (secondary N) is 1. The summed E-state index contributed by atoms with van der Waals surface area (Å²) in [5, 5.41) is 21.8. The molecule has 4 rings (SSSR count). The van der Waals surface area contributed by atoms with Crippen molar-refractivity contribution in [2.75, 3.05) is 5.32 Å². The molecule has 0 aliphatic carbocycles. The maximum Gasteiger partial charge on any atom is 0.276 e. The molecule has 0 saturated carbocycles. The summed E-state index contributed by atoms with van der Waals surface area (Å²) in [4.78, 5) is 16.9. The molecule has 0 radical (unpaired) electrons. The number of hydrogen-bond acceptors (Lipinski definition) is 5. The number of fused-ring (bicyclic) bond motifs is 1. The number of aromatic hydroxyl groups is 1. The van der Waals surface area contributed by atoms with Gasteiger partial charge in [0.15, 0.2) is 11.3 Å². The number of amides is 1. The summed E-state index contributed by atoms with van der Waals surface area (Å²) in [6.45, 7) is 2.72. The average molecular weight is 462 g/mol. The third kappa shape index (κ3) is 3.34. The van der Waals surface area contributed by atoms with E-state index in [4.69, 9.17) is 11.6 Å². The van der Waals surface area contributed by atoms with E-state index >= 15 is 0 Å². The summed E-state index contributed by atoms with van der Waals surface area (Å²) in [5.41, 5.74) is 2.22. The van der Waals surface area contributed by atoms with Gasteiger partial charge in [-0.05, 0) is 47.1 Å². The summed E-state index contributed by atoms with van der Waals surface area (Å²) in [7, 11) is 0. The van der Waals surface area contributed by atoms with E-state index in [1.54, 1.807) is 27.5 Å². The lowest BCUT2D eigenvalue weighted by Crippen LogP contribution is -2.13. The number of benzene rings is 1. The van der Waals surface area contributed by atoms with Crippen molar-refractivity contribution < 1.29 is 9.90 Å². The molecule has 0 fully saturated rings. The Bertz CT molecular complexity index is 1200. The molecule has 0 atom stereocenters. The normalized spacial score (nSPS) is 11.1. The molecule has 1 aromatic carbocycles. The molecule has 3 aromatic heterocycles. The van der Waals surface area contributed by atoms with Crippen molar-refractivity contribution in [1.29, 1.82) is 0 Å². The number of phenols is 1. The minimum absolute atomic E-state index is 0.0886. The monoisotopic (exact) mass is 460 g/mol. The van der Waals surface area contributed by atoms with Gasteiger partial charge in [-0.2, -0.15) is 10.2 Å². The minimum atomic E-state index is -0.493. The van der Waals surface area contributed by atoms with Crippen LogP contribution in [0.3, 0.4) is 0 Å². The van der Waals surface area contributed by atoms with E-state index in [1.807, 2.05) is 13.1 Å². The van der Waals surface area contributed by atoms with Crippen molar-refractivity contribution in [3.63, 3.8) is 0 Å². The number of carbonyl (C=O) groups is 1. The van der Waals surface area contributed by atoms with Gasteiger partial charge in [0.2, 0.25) is 0 Å². The van der Waals surface area contributed by atoms with Gasteiger partial charge in [0.1, 0.15) is 11.4 Å². The van der Waals surface area contributed by atoms with Crippen LogP contribution in [-0.4, -0.2) is 35.4 Å². The lowest BCUT2D eigenvalue weighted by atomic mass is 10.3. The van der Waals surface area contributed by atoms with Gasteiger partial charge in [-0.25, -0.2) is 9.50 Å². The number of anilines is 1. The van der Waals surface area contributed by atoms with Crippen LogP contribution in [-0.2, 0) is 6.54 Å². The maximum atomic E-state index is 12.6. The first-order valence-corrected chi connectivity index (χ1v) is 9.51. The smallest absolute Gasteiger partial charge is 0.276 e. The van der Waals surface area contributed by atoms with Gasteiger partial charge < -0.3 is 10.4 Å². The molecule has 2 N–H and O–H groups in total. The van der Waals surface area contributed by atoms with Crippen LogP contribution < -0.4 is 5.32 Å². The van der Waals surface area contributed by atoms with Gasteiger partial charge in [0, 0.05) is 30.0 Å². The Balaban J connectivity index is 1.73. The second kappa shape index (κ2) is 7.25. The summed E-state index contributed by atoms with van der Waals surface area (Å²) in [6, 6.07) is 7.73. The van der Waals surface area contributed by atoms with Gasteiger partial charge in [-0.15, -0.1) is 0 Å². The van der Waals surface area contributed by atoms with E-state index in [1.165, 1.54) is 18.2 Å². The number of carbonyl (C=O) groups excluding carboxylic acids is 1. The molecule has 0 aliphatic rings. The average Bonchev–Trinajstić information content (AvgIpc) is 3.28. The number of rotatable bonds is 4. The lowest BCUT2D eigenvalue weighted by molar-refractivity contribution is 0.102.